The lowest BCUT2D eigenvalue weighted by molar-refractivity contribution is 0.0928. The third-order valence-corrected chi connectivity index (χ3v) is 9.37. The molecule has 1 spiro atoms. The van der Waals surface area contributed by atoms with Gasteiger partial charge in [-0.2, -0.15) is 0 Å². The molecule has 1 aliphatic heterocycles. The van der Waals surface area contributed by atoms with E-state index in [1.807, 2.05) is 24.4 Å². The number of aromatic nitrogens is 1. The van der Waals surface area contributed by atoms with Crippen LogP contribution in [0.25, 0.3) is 10.2 Å². The number of ether oxygens (including phenoxy) is 1. The van der Waals surface area contributed by atoms with E-state index in [9.17, 15) is 4.79 Å². The van der Waals surface area contributed by atoms with E-state index in [-0.39, 0.29) is 17.9 Å². The average Bonchev–Trinajstić information content (AvgIpc) is 3.45. The van der Waals surface area contributed by atoms with Crippen molar-refractivity contribution < 1.29 is 9.53 Å². The van der Waals surface area contributed by atoms with Gasteiger partial charge in [-0.25, -0.2) is 0 Å². The van der Waals surface area contributed by atoms with Crippen LogP contribution < -0.4 is 10.1 Å². The van der Waals surface area contributed by atoms with Gasteiger partial charge < -0.3 is 10.1 Å². The molecule has 1 aromatic carbocycles. The van der Waals surface area contributed by atoms with Crippen molar-refractivity contribution >= 4 is 27.5 Å². The van der Waals surface area contributed by atoms with Crippen molar-refractivity contribution in [3.8, 4) is 5.75 Å². The molecule has 6 rings (SSSR count). The van der Waals surface area contributed by atoms with Crippen molar-refractivity contribution in [1.29, 1.82) is 0 Å². The van der Waals surface area contributed by atoms with Gasteiger partial charge in [-0.15, -0.1) is 11.3 Å². The number of rotatable bonds is 4. The number of hydrogen-bond donors (Lipinski definition) is 1. The minimum absolute atomic E-state index is 0.0202. The Morgan fingerprint density at radius 1 is 1.09 bits per heavy atom. The summed E-state index contributed by atoms with van der Waals surface area (Å²) in [6.45, 7) is 4.97. The molecule has 5 heteroatoms. The fourth-order valence-electron chi connectivity index (χ4n) is 5.99. The molecule has 2 aromatic heterocycles. The Hall–Kier alpha value is -2.40. The van der Waals surface area contributed by atoms with Gasteiger partial charge in [-0.1, -0.05) is 32.0 Å². The van der Waals surface area contributed by atoms with Gasteiger partial charge in [0.1, 0.15) is 5.75 Å². The Kier molecular flexibility index (Phi) is 5.21. The lowest BCUT2D eigenvalue weighted by atomic mass is 9.77. The van der Waals surface area contributed by atoms with Gasteiger partial charge in [0.05, 0.1) is 27.7 Å². The van der Waals surface area contributed by atoms with E-state index >= 15 is 0 Å². The molecule has 172 valence electrons. The highest BCUT2D eigenvalue weighted by Gasteiger charge is 2.45. The molecule has 2 saturated carbocycles. The van der Waals surface area contributed by atoms with Crippen molar-refractivity contribution in [2.24, 2.45) is 5.41 Å². The number of nitrogens with one attached hydrogen (secondary N) is 1. The maximum atomic E-state index is 13.6. The minimum atomic E-state index is -0.0202. The summed E-state index contributed by atoms with van der Waals surface area (Å²) in [5.74, 6) is 1.74. The molecule has 1 N–H and O–H groups in total. The second-order valence-corrected chi connectivity index (χ2v) is 11.6. The molecule has 2 aliphatic carbocycles. The highest BCUT2D eigenvalue weighted by molar-refractivity contribution is 7.21. The van der Waals surface area contributed by atoms with E-state index in [2.05, 4.69) is 31.3 Å². The fourth-order valence-corrected chi connectivity index (χ4v) is 7.40. The van der Waals surface area contributed by atoms with E-state index in [1.54, 1.807) is 11.3 Å². The van der Waals surface area contributed by atoms with Crippen molar-refractivity contribution in [2.45, 2.75) is 76.7 Å². The molecule has 4 nitrogen and oxygen atoms in total. The van der Waals surface area contributed by atoms with Gasteiger partial charge in [0, 0.05) is 23.7 Å². The number of para-hydroxylation sites is 1. The number of benzene rings is 1. The number of thiophene rings is 1. The first-order valence-corrected chi connectivity index (χ1v) is 13.3. The zero-order chi connectivity index (χ0) is 22.6. The Labute approximate surface area is 199 Å². The summed E-state index contributed by atoms with van der Waals surface area (Å²) < 4.78 is 7.03. The van der Waals surface area contributed by atoms with Gasteiger partial charge in [0.2, 0.25) is 0 Å². The van der Waals surface area contributed by atoms with E-state index in [0.29, 0.717) is 17.9 Å². The van der Waals surface area contributed by atoms with Crippen LogP contribution in [-0.4, -0.2) is 17.5 Å². The van der Waals surface area contributed by atoms with Gasteiger partial charge in [0.15, 0.2) is 0 Å². The van der Waals surface area contributed by atoms with Gasteiger partial charge >= 0.3 is 0 Å². The second kappa shape index (κ2) is 8.12. The molecule has 1 atom stereocenters. The first-order valence-electron chi connectivity index (χ1n) is 12.5. The first kappa shape index (κ1) is 21.2. The van der Waals surface area contributed by atoms with Crippen LogP contribution >= 0.6 is 11.3 Å². The number of pyridine rings is 1. The molecule has 33 heavy (non-hydrogen) atoms. The molecule has 0 unspecified atom stereocenters. The van der Waals surface area contributed by atoms with E-state index < -0.39 is 0 Å². The molecule has 0 saturated heterocycles. The molecule has 3 aliphatic rings. The molecular formula is C28H32N2O2S. The molecule has 1 amide bonds. The Morgan fingerprint density at radius 3 is 2.64 bits per heavy atom. The predicted molar refractivity (Wildman–Crippen MR) is 133 cm³/mol. The van der Waals surface area contributed by atoms with E-state index in [1.165, 1.54) is 48.8 Å². The van der Waals surface area contributed by atoms with E-state index in [0.717, 1.165) is 33.7 Å². The van der Waals surface area contributed by atoms with Crippen molar-refractivity contribution in [3.05, 3.63) is 58.1 Å². The topological polar surface area (TPSA) is 51.2 Å². The maximum absolute atomic E-state index is 13.6. The fraction of sp³-hybridized carbons (Fsp3) is 0.500. The zero-order valence-electron chi connectivity index (χ0n) is 19.5. The van der Waals surface area contributed by atoms with E-state index in [4.69, 9.17) is 9.72 Å². The Morgan fingerprint density at radius 2 is 1.88 bits per heavy atom. The summed E-state index contributed by atoms with van der Waals surface area (Å²) in [5.41, 5.74) is 5.31. The quantitative estimate of drug-likeness (QED) is 0.451. The first-order chi connectivity index (χ1) is 16.0. The highest BCUT2D eigenvalue weighted by Crippen LogP contribution is 2.59. The minimum Gasteiger partial charge on any atom is -0.493 e. The zero-order valence-corrected chi connectivity index (χ0v) is 20.3. The number of amides is 1. The smallest absolute Gasteiger partial charge is 0.262 e. The molecule has 0 radical (unpaired) electrons. The Balaban J connectivity index is 1.34. The van der Waals surface area contributed by atoms with Crippen LogP contribution in [0.4, 0.5) is 0 Å². The molecule has 0 bridgehead atoms. The number of carbonyl (C=O) groups is 1. The van der Waals surface area contributed by atoms with Crippen LogP contribution in [0.15, 0.2) is 36.5 Å². The average molecular weight is 461 g/mol. The highest BCUT2D eigenvalue weighted by atomic mass is 32.1. The lowest BCUT2D eigenvalue weighted by Gasteiger charge is -2.28. The SMILES string of the molecule is CC(C)c1c(C(=O)N[C@H]2CCOc3ccccc32)sc2c(C3CCC4(CC3)CC4)ccnc12. The number of nitrogens with zero attached hydrogens (tertiary/aromatic N) is 1. The molecule has 3 aromatic rings. The van der Waals surface area contributed by atoms with Gasteiger partial charge in [-0.3, -0.25) is 9.78 Å². The third kappa shape index (κ3) is 3.74. The van der Waals surface area contributed by atoms with Crippen LogP contribution in [0.2, 0.25) is 0 Å². The monoisotopic (exact) mass is 460 g/mol. The van der Waals surface area contributed by atoms with Crippen LogP contribution in [-0.2, 0) is 0 Å². The molecule has 2 fully saturated rings. The predicted octanol–water partition coefficient (Wildman–Crippen LogP) is 7.11. The van der Waals surface area contributed by atoms with Crippen LogP contribution in [0.5, 0.6) is 5.75 Å². The van der Waals surface area contributed by atoms with Crippen LogP contribution in [0, 0.1) is 5.41 Å². The van der Waals surface area contributed by atoms with Crippen LogP contribution in [0.3, 0.4) is 0 Å². The van der Waals surface area contributed by atoms with Crippen molar-refractivity contribution in [1.82, 2.24) is 10.3 Å². The largest absolute Gasteiger partial charge is 0.493 e. The summed E-state index contributed by atoms with van der Waals surface area (Å²) in [6.07, 6.45) is 10.9. The normalized spacial score (nSPS) is 21.7. The van der Waals surface area contributed by atoms with Gasteiger partial charge in [-0.05, 0) is 73.5 Å². The summed E-state index contributed by atoms with van der Waals surface area (Å²) in [5, 5.41) is 3.33. The summed E-state index contributed by atoms with van der Waals surface area (Å²) in [6, 6.07) is 10.2. The summed E-state index contributed by atoms with van der Waals surface area (Å²) >= 11 is 1.66. The number of hydrogen-bond acceptors (Lipinski definition) is 4. The Bertz CT molecular complexity index is 1200. The maximum Gasteiger partial charge on any atom is 0.262 e. The summed E-state index contributed by atoms with van der Waals surface area (Å²) in [4.78, 5) is 19.3. The van der Waals surface area contributed by atoms with Gasteiger partial charge in [0.25, 0.3) is 5.91 Å². The second-order valence-electron chi connectivity index (χ2n) is 10.6. The van der Waals surface area contributed by atoms with Crippen molar-refractivity contribution in [3.63, 3.8) is 0 Å². The third-order valence-electron chi connectivity index (χ3n) is 8.13. The van der Waals surface area contributed by atoms with Crippen LogP contribution in [0.1, 0.15) is 103 Å². The number of fused-ring (bicyclic) bond motifs is 2. The van der Waals surface area contributed by atoms with Crippen molar-refractivity contribution in [2.75, 3.05) is 6.61 Å². The molecule has 3 heterocycles. The summed E-state index contributed by atoms with van der Waals surface area (Å²) in [7, 11) is 0. The number of carbonyl (C=O) groups excluding carboxylic acids is 1. The lowest BCUT2D eigenvalue weighted by Crippen LogP contribution is -2.32. The molecular weight excluding hydrogens is 428 g/mol. The standard InChI is InChI=1S/C28H32N2O2S/c1-17(2)23-24-25(19(9-15-29-24)18-7-11-28(12-8-18)13-14-28)33-26(23)27(31)30-21-10-16-32-22-6-4-3-5-20(21)22/h3-6,9,15,17-18,21H,7-8,10-14,16H2,1-2H3,(H,30,31)/t21-/m0/s1.